The summed E-state index contributed by atoms with van der Waals surface area (Å²) < 4.78 is 5.45. The van der Waals surface area contributed by atoms with E-state index in [-0.39, 0.29) is 12.2 Å². The van der Waals surface area contributed by atoms with Gasteiger partial charge in [-0.2, -0.15) is 0 Å². The van der Waals surface area contributed by atoms with E-state index in [2.05, 4.69) is 5.32 Å². The average molecular weight is 325 g/mol. The Bertz CT molecular complexity index is 675. The molecule has 1 atom stereocenters. The van der Waals surface area contributed by atoms with Crippen molar-refractivity contribution in [2.24, 2.45) is 0 Å². The number of hydrogen-bond acceptors (Lipinski definition) is 3. The maximum atomic E-state index is 12.7. The van der Waals surface area contributed by atoms with E-state index in [0.29, 0.717) is 5.56 Å². The second-order valence-electron chi connectivity index (χ2n) is 6.70. The highest BCUT2D eigenvalue weighted by Crippen LogP contribution is 2.21. The summed E-state index contributed by atoms with van der Waals surface area (Å²) in [5, 5.41) is 2.72. The Morgan fingerprint density at radius 1 is 0.958 bits per heavy atom. The minimum atomic E-state index is -0.922. The van der Waals surface area contributed by atoms with Gasteiger partial charge in [-0.05, 0) is 26.3 Å². The predicted molar refractivity (Wildman–Crippen MR) is 93.7 cm³/mol. The van der Waals surface area contributed by atoms with Crippen molar-refractivity contribution < 1.29 is 14.3 Å². The lowest BCUT2D eigenvalue weighted by Crippen LogP contribution is -2.42. The number of nitrogens with one attached hydrogen (secondary N) is 1. The summed E-state index contributed by atoms with van der Waals surface area (Å²) in [7, 11) is 0. The Hall–Kier alpha value is -2.62. The molecule has 126 valence electrons. The van der Waals surface area contributed by atoms with Crippen molar-refractivity contribution in [2.45, 2.75) is 38.8 Å². The summed E-state index contributed by atoms with van der Waals surface area (Å²) in [6.07, 6.45) is -1.31. The van der Waals surface area contributed by atoms with E-state index in [1.165, 1.54) is 0 Å². The van der Waals surface area contributed by atoms with Gasteiger partial charge in [0.1, 0.15) is 0 Å². The van der Waals surface area contributed by atoms with Gasteiger partial charge in [0.15, 0.2) is 11.9 Å². The molecule has 4 heteroatoms. The zero-order valence-corrected chi connectivity index (χ0v) is 14.3. The van der Waals surface area contributed by atoms with Gasteiger partial charge >= 0.3 is 6.09 Å². The molecule has 0 aliphatic carbocycles. The van der Waals surface area contributed by atoms with Crippen molar-refractivity contribution in [3.63, 3.8) is 0 Å². The molecular formula is C20H23NO3. The number of ketones is 1. The first-order valence-electron chi connectivity index (χ1n) is 7.95. The van der Waals surface area contributed by atoms with E-state index in [9.17, 15) is 9.59 Å². The van der Waals surface area contributed by atoms with Gasteiger partial charge in [-0.3, -0.25) is 4.79 Å². The smallest absolute Gasteiger partial charge is 0.408 e. The van der Waals surface area contributed by atoms with Gasteiger partial charge in [0.2, 0.25) is 0 Å². The Balaban J connectivity index is 2.17. The van der Waals surface area contributed by atoms with Crippen molar-refractivity contribution >= 4 is 11.9 Å². The maximum Gasteiger partial charge on any atom is 0.408 e. The van der Waals surface area contributed by atoms with Crippen LogP contribution in [0.15, 0.2) is 60.7 Å². The van der Waals surface area contributed by atoms with Gasteiger partial charge in [0.05, 0.1) is 0 Å². The van der Waals surface area contributed by atoms with Gasteiger partial charge in [0.25, 0.3) is 0 Å². The lowest BCUT2D eigenvalue weighted by molar-refractivity contribution is -0.127. The zero-order chi connectivity index (χ0) is 17.6. The molecular weight excluding hydrogens is 302 g/mol. The Kier molecular flexibility index (Phi) is 5.74. The molecule has 1 N–H and O–H groups in total. The molecule has 0 saturated heterocycles. The minimum absolute atomic E-state index is 0.156. The van der Waals surface area contributed by atoms with Crippen LogP contribution in [0.2, 0.25) is 0 Å². The first kappa shape index (κ1) is 17.7. The fourth-order valence-electron chi connectivity index (χ4n) is 2.28. The second kappa shape index (κ2) is 7.77. The summed E-state index contributed by atoms with van der Waals surface area (Å²) in [5.74, 6) is -0.156. The highest BCUT2D eigenvalue weighted by molar-refractivity contribution is 5.88. The van der Waals surface area contributed by atoms with Crippen LogP contribution in [0, 0.1) is 0 Å². The first-order chi connectivity index (χ1) is 11.3. The lowest BCUT2D eigenvalue weighted by atomic mass is 10.00. The highest BCUT2D eigenvalue weighted by atomic mass is 16.6. The molecule has 0 saturated carbocycles. The number of hydrogen-bond donors (Lipinski definition) is 1. The monoisotopic (exact) mass is 325 g/mol. The third-order valence-electron chi connectivity index (χ3n) is 3.32. The molecule has 2 aromatic carbocycles. The van der Waals surface area contributed by atoms with Crippen LogP contribution in [0.25, 0.3) is 0 Å². The number of Topliss-reactive ketones (excluding diaryl/α,β-unsaturated/α-hetero) is 1. The van der Waals surface area contributed by atoms with Crippen LogP contribution in [-0.4, -0.2) is 17.4 Å². The molecule has 2 rings (SSSR count). The van der Waals surface area contributed by atoms with E-state index < -0.39 is 17.7 Å². The van der Waals surface area contributed by atoms with Crippen LogP contribution in [0.1, 0.15) is 38.0 Å². The van der Waals surface area contributed by atoms with E-state index in [1.54, 1.807) is 12.1 Å². The van der Waals surface area contributed by atoms with E-state index in [4.69, 9.17) is 4.74 Å². The van der Waals surface area contributed by atoms with Crippen molar-refractivity contribution in [1.82, 2.24) is 5.32 Å². The Morgan fingerprint density at radius 2 is 1.50 bits per heavy atom. The average Bonchev–Trinajstić information content (AvgIpc) is 2.52. The third kappa shape index (κ3) is 5.54. The van der Waals surface area contributed by atoms with Crippen molar-refractivity contribution in [3.05, 3.63) is 71.8 Å². The molecule has 4 nitrogen and oxygen atoms in total. The minimum Gasteiger partial charge on any atom is -0.433 e. The van der Waals surface area contributed by atoms with Gasteiger partial charge in [-0.15, -0.1) is 0 Å². The summed E-state index contributed by atoms with van der Waals surface area (Å²) in [4.78, 5) is 24.8. The van der Waals surface area contributed by atoms with E-state index in [1.807, 2.05) is 69.3 Å². The van der Waals surface area contributed by atoms with Gasteiger partial charge in [-0.1, -0.05) is 60.7 Å². The number of carbonyl (C=O) groups is 2. The molecule has 0 aliphatic heterocycles. The molecule has 1 amide bonds. The number of carbonyl (C=O) groups excluding carboxylic acids is 2. The number of rotatable bonds is 5. The Morgan fingerprint density at radius 3 is 2.04 bits per heavy atom. The summed E-state index contributed by atoms with van der Waals surface area (Å²) in [6.45, 7) is 5.58. The normalized spacial score (nSPS) is 12.3. The first-order valence-corrected chi connectivity index (χ1v) is 7.95. The second-order valence-corrected chi connectivity index (χ2v) is 6.70. The fourth-order valence-corrected chi connectivity index (χ4v) is 2.28. The van der Waals surface area contributed by atoms with Crippen LogP contribution in [0.5, 0.6) is 0 Å². The molecule has 2 aromatic rings. The molecule has 0 aliphatic rings. The van der Waals surface area contributed by atoms with Gasteiger partial charge in [-0.25, -0.2) is 4.79 Å². The van der Waals surface area contributed by atoms with Crippen LogP contribution >= 0.6 is 0 Å². The zero-order valence-electron chi connectivity index (χ0n) is 14.3. The lowest BCUT2D eigenvalue weighted by Gasteiger charge is -2.23. The van der Waals surface area contributed by atoms with Gasteiger partial charge < -0.3 is 10.1 Å². The van der Waals surface area contributed by atoms with Crippen LogP contribution < -0.4 is 5.32 Å². The molecule has 0 fully saturated rings. The summed E-state index contributed by atoms with van der Waals surface area (Å²) in [5.41, 5.74) is 1.13. The molecule has 0 aromatic heterocycles. The van der Waals surface area contributed by atoms with Crippen molar-refractivity contribution in [1.29, 1.82) is 0 Å². The van der Waals surface area contributed by atoms with Crippen LogP contribution in [-0.2, 0) is 16.0 Å². The van der Waals surface area contributed by atoms with E-state index >= 15 is 0 Å². The highest BCUT2D eigenvalue weighted by Gasteiger charge is 2.26. The quantitative estimate of drug-likeness (QED) is 0.902. The Labute approximate surface area is 142 Å². The summed E-state index contributed by atoms with van der Waals surface area (Å²) >= 11 is 0. The largest absolute Gasteiger partial charge is 0.433 e. The molecule has 0 radical (unpaired) electrons. The van der Waals surface area contributed by atoms with Crippen LogP contribution in [0.3, 0.4) is 0 Å². The van der Waals surface area contributed by atoms with Crippen molar-refractivity contribution in [2.75, 3.05) is 0 Å². The molecule has 0 spiro atoms. The fraction of sp³-hybridized carbons (Fsp3) is 0.300. The third-order valence-corrected chi connectivity index (χ3v) is 3.32. The maximum absolute atomic E-state index is 12.7. The topological polar surface area (TPSA) is 55.4 Å². The van der Waals surface area contributed by atoms with Crippen molar-refractivity contribution in [3.8, 4) is 0 Å². The number of alkyl carbamates (subject to hydrolysis) is 1. The molecule has 0 heterocycles. The van der Waals surface area contributed by atoms with Gasteiger partial charge in [0, 0.05) is 17.5 Å². The SMILES string of the molecule is CC(C)(C)NC(=O)OC(C(=O)Cc1ccccc1)c1ccccc1. The summed E-state index contributed by atoms with van der Waals surface area (Å²) in [6, 6.07) is 18.5. The number of benzene rings is 2. The molecule has 1 unspecified atom stereocenters. The van der Waals surface area contributed by atoms with Crippen LogP contribution in [0.4, 0.5) is 4.79 Å². The predicted octanol–water partition coefficient (Wildman–Crippen LogP) is 4.06. The molecule has 0 bridgehead atoms. The standard InChI is InChI=1S/C20H23NO3/c1-20(2,3)21-19(23)24-18(16-12-8-5-9-13-16)17(22)14-15-10-6-4-7-11-15/h4-13,18H,14H2,1-3H3,(H,21,23). The number of ether oxygens (including phenoxy) is 1. The number of amides is 1. The van der Waals surface area contributed by atoms with E-state index in [0.717, 1.165) is 5.56 Å². The molecule has 24 heavy (non-hydrogen) atoms.